The number of hydrogen-bond donors (Lipinski definition) is 2. The van der Waals surface area contributed by atoms with E-state index < -0.39 is 39.2 Å². The molecule has 1 aliphatic heterocycles. The first kappa shape index (κ1) is 33.5. The molecule has 238 valence electrons. The summed E-state index contributed by atoms with van der Waals surface area (Å²) in [5, 5.41) is 20.2. The highest BCUT2D eigenvalue weighted by atomic mass is 16.5. The lowest BCUT2D eigenvalue weighted by molar-refractivity contribution is -0.188. The van der Waals surface area contributed by atoms with Gasteiger partial charge in [-0.25, -0.2) is 0 Å². The van der Waals surface area contributed by atoms with Crippen LogP contribution in [0.1, 0.15) is 112 Å². The molecule has 2 bridgehead atoms. The van der Waals surface area contributed by atoms with Gasteiger partial charge in [0.05, 0.1) is 5.41 Å². The van der Waals surface area contributed by atoms with E-state index in [1.807, 2.05) is 47.6 Å². The van der Waals surface area contributed by atoms with E-state index in [9.17, 15) is 15.0 Å². The normalized spacial score (nSPS) is 28.4. The van der Waals surface area contributed by atoms with Crippen LogP contribution in [0, 0.1) is 28.1 Å². The Balaban J connectivity index is 2.10. The summed E-state index contributed by atoms with van der Waals surface area (Å²) >= 11 is 0. The number of benzene rings is 1. The Morgan fingerprint density at radius 1 is 0.841 bits per heavy atom. The van der Waals surface area contributed by atoms with Gasteiger partial charge < -0.3 is 14.9 Å². The second-order valence-electron chi connectivity index (χ2n) is 15.1. The van der Waals surface area contributed by atoms with Gasteiger partial charge in [0.1, 0.15) is 22.3 Å². The maximum absolute atomic E-state index is 15.3. The molecule has 0 amide bonds. The fourth-order valence-corrected chi connectivity index (χ4v) is 7.72. The Bertz CT molecular complexity index is 1500. The van der Waals surface area contributed by atoms with Crippen molar-refractivity contribution in [3.63, 3.8) is 0 Å². The maximum Gasteiger partial charge on any atom is 0.200 e. The zero-order chi connectivity index (χ0) is 33.0. The standard InChI is InChI=1S/C38H50O6/c1-22(2)11-14-26-20-37-21-27(15-12-23(3)4)36(9,10)44-33(37)30(31(41)25-13-16-28(39)29(40)19-25)32(42)38(34(37)43,35(26,7)8)18-17-24(5)6/h11-13,16-17,19,26-27,39-40H,14-15,18,20-21H2,1-10H3/t26-,27+,37-,38-/m1/s1. The summed E-state index contributed by atoms with van der Waals surface area (Å²) in [6, 6.07) is 3.81. The average molecular weight is 603 g/mol. The first-order valence-corrected chi connectivity index (χ1v) is 15.8. The number of fused-ring (bicyclic) bond motifs is 1. The van der Waals surface area contributed by atoms with Crippen molar-refractivity contribution in [3.05, 3.63) is 70.0 Å². The Labute approximate surface area is 263 Å². The molecule has 44 heavy (non-hydrogen) atoms. The van der Waals surface area contributed by atoms with Crippen molar-refractivity contribution < 1.29 is 29.3 Å². The molecule has 2 fully saturated rings. The minimum absolute atomic E-state index is 0.0251. The molecule has 6 heteroatoms. The van der Waals surface area contributed by atoms with Crippen molar-refractivity contribution in [1.82, 2.24) is 0 Å². The van der Waals surface area contributed by atoms with Crippen LogP contribution in [0.5, 0.6) is 11.5 Å². The first-order chi connectivity index (χ1) is 20.3. The van der Waals surface area contributed by atoms with Crippen molar-refractivity contribution in [2.75, 3.05) is 0 Å². The summed E-state index contributed by atoms with van der Waals surface area (Å²) in [4.78, 5) is 44.9. The quantitative estimate of drug-likeness (QED) is 0.102. The highest BCUT2D eigenvalue weighted by Crippen LogP contribution is 2.69. The lowest BCUT2D eigenvalue weighted by Crippen LogP contribution is -2.69. The number of allylic oxidation sites excluding steroid dienone is 8. The van der Waals surface area contributed by atoms with Gasteiger partial charge in [0, 0.05) is 11.5 Å². The van der Waals surface area contributed by atoms with Crippen LogP contribution in [0.2, 0.25) is 0 Å². The highest BCUT2D eigenvalue weighted by Gasteiger charge is 2.74. The summed E-state index contributed by atoms with van der Waals surface area (Å²) in [5.74, 6) is -1.93. The number of hydrogen-bond acceptors (Lipinski definition) is 6. The number of rotatable bonds is 8. The van der Waals surface area contributed by atoms with Crippen LogP contribution in [-0.4, -0.2) is 33.2 Å². The SMILES string of the molecule is CC(C)=CC[C@H]1C[C@]23C[C@@H](CC=C(C)C)C(C)(C)[C@](CC=C(C)C)(C(=O)C(C(=O)c4ccc(O)c(O)c4)=C2OC1(C)C)C3=O. The van der Waals surface area contributed by atoms with Crippen LogP contribution in [0.3, 0.4) is 0 Å². The van der Waals surface area contributed by atoms with E-state index in [2.05, 4.69) is 39.8 Å². The molecule has 0 aromatic heterocycles. The molecule has 1 saturated heterocycles. The van der Waals surface area contributed by atoms with E-state index in [4.69, 9.17) is 4.74 Å². The lowest BCUT2D eigenvalue weighted by atomic mass is 9.39. The lowest BCUT2D eigenvalue weighted by Gasteiger charge is -2.64. The third-order valence-corrected chi connectivity index (χ3v) is 10.7. The van der Waals surface area contributed by atoms with Gasteiger partial charge in [-0.3, -0.25) is 14.4 Å². The molecule has 2 N–H and O–H groups in total. The second-order valence-corrected chi connectivity index (χ2v) is 15.1. The fourth-order valence-electron chi connectivity index (χ4n) is 7.72. The third-order valence-electron chi connectivity index (χ3n) is 10.7. The summed E-state index contributed by atoms with van der Waals surface area (Å²) in [6.45, 7) is 20.1. The van der Waals surface area contributed by atoms with E-state index >= 15 is 9.59 Å². The van der Waals surface area contributed by atoms with E-state index in [0.29, 0.717) is 25.7 Å². The van der Waals surface area contributed by atoms with Gasteiger partial charge in [-0.1, -0.05) is 48.8 Å². The largest absolute Gasteiger partial charge is 0.504 e. The molecule has 2 aliphatic carbocycles. The number of carbonyl (C=O) groups is 3. The Morgan fingerprint density at radius 2 is 1.39 bits per heavy atom. The topological polar surface area (TPSA) is 101 Å². The number of carbonyl (C=O) groups excluding carboxylic acids is 3. The molecule has 3 aliphatic rings. The minimum atomic E-state index is -1.48. The Morgan fingerprint density at radius 3 is 1.93 bits per heavy atom. The van der Waals surface area contributed by atoms with Crippen molar-refractivity contribution >= 4 is 17.3 Å². The third kappa shape index (κ3) is 5.28. The molecule has 0 unspecified atom stereocenters. The molecule has 1 spiro atoms. The van der Waals surface area contributed by atoms with Gasteiger partial charge in [0.15, 0.2) is 28.8 Å². The number of Topliss-reactive ketones (excluding diaryl/α,β-unsaturated/α-hetero) is 3. The van der Waals surface area contributed by atoms with Crippen molar-refractivity contribution in [1.29, 1.82) is 0 Å². The van der Waals surface area contributed by atoms with Gasteiger partial charge in [0.25, 0.3) is 0 Å². The molecule has 1 aromatic rings. The van der Waals surface area contributed by atoms with Crippen molar-refractivity contribution in [2.45, 2.75) is 107 Å². The van der Waals surface area contributed by atoms with Crippen LogP contribution in [0.4, 0.5) is 0 Å². The second kappa shape index (κ2) is 11.5. The fraction of sp³-hybridized carbons (Fsp3) is 0.553. The molecule has 4 rings (SSSR count). The molecular weight excluding hydrogens is 552 g/mol. The number of aromatic hydroxyl groups is 2. The summed E-state index contributed by atoms with van der Waals surface area (Å²) in [7, 11) is 0. The zero-order valence-electron chi connectivity index (χ0n) is 28.2. The summed E-state index contributed by atoms with van der Waals surface area (Å²) in [5.41, 5.74) is -0.866. The van der Waals surface area contributed by atoms with Gasteiger partial charge in [-0.2, -0.15) is 0 Å². The van der Waals surface area contributed by atoms with Crippen LogP contribution in [-0.2, 0) is 14.3 Å². The van der Waals surface area contributed by atoms with E-state index in [0.717, 1.165) is 5.57 Å². The Kier molecular flexibility index (Phi) is 8.75. The van der Waals surface area contributed by atoms with Gasteiger partial charge in [-0.05, 0) is 117 Å². The van der Waals surface area contributed by atoms with E-state index in [1.54, 1.807) is 0 Å². The number of ether oxygens (including phenoxy) is 1. The maximum atomic E-state index is 15.3. The van der Waals surface area contributed by atoms with E-state index in [1.165, 1.54) is 29.3 Å². The summed E-state index contributed by atoms with van der Waals surface area (Å²) < 4.78 is 6.81. The molecule has 4 atom stereocenters. The average Bonchev–Trinajstić information content (AvgIpc) is 2.91. The monoisotopic (exact) mass is 602 g/mol. The molecule has 6 nitrogen and oxygen atoms in total. The molecule has 1 saturated carbocycles. The predicted molar refractivity (Wildman–Crippen MR) is 173 cm³/mol. The van der Waals surface area contributed by atoms with Crippen molar-refractivity contribution in [3.8, 4) is 11.5 Å². The molecule has 1 heterocycles. The van der Waals surface area contributed by atoms with E-state index in [-0.39, 0.29) is 46.7 Å². The highest BCUT2D eigenvalue weighted by molar-refractivity contribution is 6.35. The molecule has 1 aromatic carbocycles. The van der Waals surface area contributed by atoms with Crippen LogP contribution in [0.15, 0.2) is 64.5 Å². The molecule has 0 radical (unpaired) electrons. The predicted octanol–water partition coefficient (Wildman–Crippen LogP) is 8.59. The zero-order valence-corrected chi connectivity index (χ0v) is 28.2. The number of phenolic OH excluding ortho intramolecular Hbond substituents is 2. The van der Waals surface area contributed by atoms with Crippen molar-refractivity contribution in [2.24, 2.45) is 28.1 Å². The Hall–Kier alpha value is -3.41. The first-order valence-electron chi connectivity index (χ1n) is 15.8. The molecular formula is C38H50O6. The smallest absolute Gasteiger partial charge is 0.200 e. The van der Waals surface area contributed by atoms with Gasteiger partial charge in [-0.15, -0.1) is 0 Å². The van der Waals surface area contributed by atoms with Crippen LogP contribution in [0.25, 0.3) is 0 Å². The van der Waals surface area contributed by atoms with Crippen LogP contribution < -0.4 is 0 Å². The van der Waals surface area contributed by atoms with Gasteiger partial charge >= 0.3 is 0 Å². The number of ketones is 3. The van der Waals surface area contributed by atoms with Gasteiger partial charge in [0.2, 0.25) is 0 Å². The number of phenols is 2. The van der Waals surface area contributed by atoms with Crippen LogP contribution >= 0.6 is 0 Å². The minimum Gasteiger partial charge on any atom is -0.504 e. The summed E-state index contributed by atoms with van der Waals surface area (Å²) in [6.07, 6.45) is 8.89.